The molecule has 6 rings (SSSR count). The second kappa shape index (κ2) is 17.9. The number of nitrogens with zero attached hydrogens (tertiary/aromatic N) is 2. The Morgan fingerprint density at radius 1 is 0.709 bits per heavy atom. The monoisotopic (exact) mass is 788 g/mol. The molecular formula is C40H48N6O7S2. The fraction of sp³-hybridized carbons (Fsp3) is 0.400. The van der Waals surface area contributed by atoms with Gasteiger partial charge in [-0.15, -0.1) is 0 Å². The lowest BCUT2D eigenvalue weighted by Gasteiger charge is -2.36. The molecule has 3 aliphatic heterocycles. The van der Waals surface area contributed by atoms with Crippen LogP contribution in [-0.4, -0.2) is 108 Å². The predicted octanol–water partition coefficient (Wildman–Crippen LogP) is 3.11. The molecule has 6 bridgehead atoms. The van der Waals surface area contributed by atoms with Gasteiger partial charge in [0, 0.05) is 26.9 Å². The molecule has 6 atom stereocenters. The van der Waals surface area contributed by atoms with Crippen LogP contribution in [-0.2, 0) is 38.4 Å². The van der Waals surface area contributed by atoms with Crippen molar-refractivity contribution < 1.29 is 33.4 Å². The van der Waals surface area contributed by atoms with Crippen molar-refractivity contribution in [2.75, 3.05) is 28.3 Å². The lowest BCUT2D eigenvalue weighted by atomic mass is 10.00. The highest BCUT2D eigenvalue weighted by Gasteiger charge is 2.35. The van der Waals surface area contributed by atoms with Gasteiger partial charge in [-0.05, 0) is 80.3 Å². The molecule has 13 nitrogen and oxygen atoms in total. The molecule has 1 saturated heterocycles. The predicted molar refractivity (Wildman–Crippen MR) is 217 cm³/mol. The Bertz CT molecular complexity index is 1930. The highest BCUT2D eigenvalue weighted by molar-refractivity contribution is 7.80. The molecule has 0 radical (unpaired) electrons. The Hall–Kier alpha value is -5.28. The molecule has 3 aliphatic rings. The van der Waals surface area contributed by atoms with Crippen LogP contribution in [0, 0.1) is 0 Å². The first-order valence-corrected chi connectivity index (χ1v) is 18.8. The molecule has 0 spiro atoms. The molecule has 1 fully saturated rings. The summed E-state index contributed by atoms with van der Waals surface area (Å²) in [4.78, 5) is 60.0. The van der Waals surface area contributed by atoms with Crippen molar-refractivity contribution in [3.63, 3.8) is 0 Å². The minimum atomic E-state index is -1.13. The van der Waals surface area contributed by atoms with Crippen molar-refractivity contribution in [1.82, 2.24) is 31.1 Å². The van der Waals surface area contributed by atoms with E-state index in [4.69, 9.17) is 38.6 Å². The number of carbonyl (C=O) groups is 4. The van der Waals surface area contributed by atoms with Gasteiger partial charge in [0.1, 0.15) is 40.7 Å². The first-order valence-electron chi connectivity index (χ1n) is 18.0. The van der Waals surface area contributed by atoms with Crippen molar-refractivity contribution in [3.05, 3.63) is 83.4 Å². The normalized spacial score (nSPS) is 24.3. The Balaban J connectivity index is 1.55. The molecule has 3 heterocycles. The second-order valence-corrected chi connectivity index (χ2v) is 14.7. The first-order chi connectivity index (χ1) is 26.2. The number of thiocarbonyl (C=S) groups is 2. The van der Waals surface area contributed by atoms with Gasteiger partial charge in [-0.25, -0.2) is 0 Å². The number of rotatable bonds is 4. The minimum absolute atomic E-state index is 0.0430. The van der Waals surface area contributed by atoms with Crippen LogP contribution < -0.4 is 35.5 Å². The summed E-state index contributed by atoms with van der Waals surface area (Å²) in [6.07, 6.45) is 0.585. The summed E-state index contributed by atoms with van der Waals surface area (Å²) in [6, 6.07) is 14.8. The van der Waals surface area contributed by atoms with Crippen molar-refractivity contribution in [2.45, 2.75) is 76.3 Å². The van der Waals surface area contributed by atoms with E-state index < -0.39 is 59.9 Å². The number of hydrogen-bond acceptors (Lipinski definition) is 9. The van der Waals surface area contributed by atoms with Gasteiger partial charge < -0.3 is 45.3 Å². The number of fused-ring (bicyclic) bond motifs is 2. The zero-order chi connectivity index (χ0) is 40.0. The van der Waals surface area contributed by atoms with Gasteiger partial charge in [-0.2, -0.15) is 0 Å². The molecule has 292 valence electrons. The quantitative estimate of drug-likeness (QED) is 0.289. The van der Waals surface area contributed by atoms with E-state index in [-0.39, 0.29) is 12.8 Å². The summed E-state index contributed by atoms with van der Waals surface area (Å²) in [6.45, 7) is 4.99. The summed E-state index contributed by atoms with van der Waals surface area (Å²) >= 11 is 11.9. The molecular weight excluding hydrogens is 741 g/mol. The van der Waals surface area contributed by atoms with E-state index in [2.05, 4.69) is 21.3 Å². The standard InChI is InChI=1S/C40H48N6O7S2/c1-22-35(47)42-24(3)40(55)46(5)32(20-26-8-13-28(51-6)14-9-26)38(54)43-23(2)39(50)45(4)31-19-25-10-15-29(16-11-25)53-34-21-27(12-17-33(34)52-7)18-30(36(48)41-22)44-37(31)49/h8-17,21-24,30-32H,18-20H2,1-7H3,(H,41,48)(H,42,47)(H,43,54)(H,44,49)/t22-,23+,24+,30+,31+,32+/m1/s1. The molecule has 0 aromatic heterocycles. The molecule has 0 unspecified atom stereocenters. The molecule has 3 aromatic carbocycles. The Labute approximate surface area is 332 Å². The highest BCUT2D eigenvalue weighted by atomic mass is 32.1. The van der Waals surface area contributed by atoms with Gasteiger partial charge in [0.25, 0.3) is 0 Å². The van der Waals surface area contributed by atoms with Crippen molar-refractivity contribution in [3.8, 4) is 23.0 Å². The van der Waals surface area contributed by atoms with E-state index in [1.807, 2.05) is 36.4 Å². The van der Waals surface area contributed by atoms with E-state index in [1.54, 1.807) is 77.2 Å². The van der Waals surface area contributed by atoms with E-state index in [0.717, 1.165) is 11.1 Å². The fourth-order valence-corrected chi connectivity index (χ4v) is 7.15. The summed E-state index contributed by atoms with van der Waals surface area (Å²) in [5.41, 5.74) is 2.34. The first kappa shape index (κ1) is 40.9. The molecule has 4 N–H and O–H groups in total. The van der Waals surface area contributed by atoms with Crippen molar-refractivity contribution in [2.24, 2.45) is 0 Å². The SMILES string of the molecule is COc1ccc(C[C@H]2C(=S)N[C@@H](C)C(=O)N(C)[C@H]3Cc4ccc(cc4)Oc4cc(ccc4OC)C[C@H](NC3=O)C(=O)N[C@H](C)C(=O)N[C@@H](C)C(=S)N2C)cc1. The van der Waals surface area contributed by atoms with E-state index in [0.29, 0.717) is 45.0 Å². The van der Waals surface area contributed by atoms with Gasteiger partial charge in [0.05, 0.1) is 31.3 Å². The number of ether oxygens (including phenoxy) is 3. The summed E-state index contributed by atoms with van der Waals surface area (Å²) < 4.78 is 17.0. The van der Waals surface area contributed by atoms with Crippen LogP contribution in [0.25, 0.3) is 0 Å². The van der Waals surface area contributed by atoms with Gasteiger partial charge in [-0.3, -0.25) is 19.2 Å². The fourth-order valence-electron chi connectivity index (χ4n) is 6.55. The minimum Gasteiger partial charge on any atom is -0.497 e. The molecule has 15 heteroatoms. The number of nitrogens with one attached hydrogen (secondary N) is 4. The third kappa shape index (κ3) is 9.89. The Morgan fingerprint density at radius 3 is 2.02 bits per heavy atom. The van der Waals surface area contributed by atoms with Crippen LogP contribution in [0.2, 0.25) is 0 Å². The van der Waals surface area contributed by atoms with Gasteiger partial charge >= 0.3 is 0 Å². The van der Waals surface area contributed by atoms with E-state index in [1.165, 1.54) is 12.0 Å². The van der Waals surface area contributed by atoms with Crippen LogP contribution >= 0.6 is 24.4 Å². The summed E-state index contributed by atoms with van der Waals surface area (Å²) in [5.74, 6) is 0.128. The number of hydrogen-bond donors (Lipinski definition) is 4. The maximum absolute atomic E-state index is 14.3. The molecule has 55 heavy (non-hydrogen) atoms. The van der Waals surface area contributed by atoms with Crippen molar-refractivity contribution >= 4 is 58.0 Å². The molecule has 3 aromatic rings. The van der Waals surface area contributed by atoms with Crippen LogP contribution in [0.5, 0.6) is 23.0 Å². The number of likely N-dealkylation sites (N-methyl/N-ethyl adjacent to an activating group) is 2. The van der Waals surface area contributed by atoms with E-state index in [9.17, 15) is 19.2 Å². The maximum atomic E-state index is 14.3. The Morgan fingerprint density at radius 2 is 1.36 bits per heavy atom. The third-order valence-electron chi connectivity index (χ3n) is 9.92. The molecule has 0 aliphatic carbocycles. The lowest BCUT2D eigenvalue weighted by molar-refractivity contribution is -0.141. The topological polar surface area (TPSA) is 151 Å². The van der Waals surface area contributed by atoms with Gasteiger partial charge in [0.15, 0.2) is 11.5 Å². The zero-order valence-electron chi connectivity index (χ0n) is 32.0. The van der Waals surface area contributed by atoms with Gasteiger partial charge in [0.2, 0.25) is 23.6 Å². The lowest BCUT2D eigenvalue weighted by Crippen LogP contribution is -2.61. The van der Waals surface area contributed by atoms with E-state index >= 15 is 0 Å². The van der Waals surface area contributed by atoms with Crippen LogP contribution in [0.3, 0.4) is 0 Å². The molecule has 4 amide bonds. The maximum Gasteiger partial charge on any atom is 0.245 e. The molecule has 0 saturated carbocycles. The van der Waals surface area contributed by atoms with Gasteiger partial charge in [-0.1, -0.05) is 54.8 Å². The summed E-state index contributed by atoms with van der Waals surface area (Å²) in [5, 5.41) is 11.8. The number of amides is 4. The largest absolute Gasteiger partial charge is 0.497 e. The third-order valence-corrected chi connectivity index (χ3v) is 10.9. The van der Waals surface area contributed by atoms with Crippen LogP contribution in [0.15, 0.2) is 66.7 Å². The average Bonchev–Trinajstić information content (AvgIpc) is 3.17. The average molecular weight is 789 g/mol. The van der Waals surface area contributed by atoms with Crippen LogP contribution in [0.1, 0.15) is 37.5 Å². The van der Waals surface area contributed by atoms with Crippen LogP contribution in [0.4, 0.5) is 0 Å². The second-order valence-electron chi connectivity index (χ2n) is 13.9. The number of benzene rings is 3. The smallest absolute Gasteiger partial charge is 0.245 e. The number of methoxy groups -OCH3 is 2. The number of carbonyl (C=O) groups excluding carboxylic acids is 4. The Kier molecular flexibility index (Phi) is 13.3. The zero-order valence-corrected chi connectivity index (χ0v) is 33.6. The van der Waals surface area contributed by atoms with Crippen molar-refractivity contribution in [1.29, 1.82) is 0 Å². The summed E-state index contributed by atoms with van der Waals surface area (Å²) in [7, 11) is 6.47. The highest BCUT2D eigenvalue weighted by Crippen LogP contribution is 2.33.